The molecule has 2 heteroatoms. The standard InChI is InChI=1S/C12H16IN/c1-10-3-2-8-14(10)9-11-4-6-12(13)7-5-11/h4-7,10H,2-3,8-9H2,1H3/t10-/m1/s1. The number of nitrogens with zero attached hydrogens (tertiary/aromatic N) is 1. The Morgan fingerprint density at radius 3 is 2.64 bits per heavy atom. The van der Waals surface area contributed by atoms with Crippen LogP contribution in [0.2, 0.25) is 0 Å². The van der Waals surface area contributed by atoms with Gasteiger partial charge in [0.25, 0.3) is 0 Å². The normalized spacial score (nSPS) is 22.9. The average molecular weight is 301 g/mol. The zero-order chi connectivity index (χ0) is 9.97. The van der Waals surface area contributed by atoms with E-state index >= 15 is 0 Å². The van der Waals surface area contributed by atoms with E-state index in [-0.39, 0.29) is 0 Å². The van der Waals surface area contributed by atoms with Gasteiger partial charge < -0.3 is 0 Å². The number of benzene rings is 1. The van der Waals surface area contributed by atoms with Crippen LogP contribution in [0.3, 0.4) is 0 Å². The third-order valence-corrected chi connectivity index (χ3v) is 3.71. The molecule has 0 radical (unpaired) electrons. The highest BCUT2D eigenvalue weighted by Gasteiger charge is 2.19. The maximum absolute atomic E-state index is 2.57. The van der Waals surface area contributed by atoms with Crippen molar-refractivity contribution in [2.45, 2.75) is 32.4 Å². The van der Waals surface area contributed by atoms with Crippen molar-refractivity contribution in [1.29, 1.82) is 0 Å². The molecule has 0 N–H and O–H groups in total. The van der Waals surface area contributed by atoms with Crippen molar-refractivity contribution in [2.75, 3.05) is 6.54 Å². The molecule has 0 aliphatic carbocycles. The molecule has 1 fully saturated rings. The van der Waals surface area contributed by atoms with E-state index in [0.717, 1.165) is 12.6 Å². The first-order valence-electron chi connectivity index (χ1n) is 5.24. The summed E-state index contributed by atoms with van der Waals surface area (Å²) >= 11 is 2.35. The Hall–Kier alpha value is -0.0900. The van der Waals surface area contributed by atoms with Crippen molar-refractivity contribution in [3.05, 3.63) is 33.4 Å². The van der Waals surface area contributed by atoms with Gasteiger partial charge in [-0.15, -0.1) is 0 Å². The maximum Gasteiger partial charge on any atom is 0.0236 e. The molecular formula is C12H16IN. The molecule has 0 amide bonds. The van der Waals surface area contributed by atoms with Crippen LogP contribution < -0.4 is 0 Å². The Kier molecular flexibility index (Phi) is 3.44. The second-order valence-electron chi connectivity index (χ2n) is 4.09. The van der Waals surface area contributed by atoms with E-state index in [9.17, 15) is 0 Å². The lowest BCUT2D eigenvalue weighted by Crippen LogP contribution is -2.26. The lowest BCUT2D eigenvalue weighted by Gasteiger charge is -2.20. The summed E-state index contributed by atoms with van der Waals surface area (Å²) in [5.74, 6) is 0. The average Bonchev–Trinajstić information content (AvgIpc) is 2.56. The molecule has 1 aliphatic rings. The van der Waals surface area contributed by atoms with Crippen molar-refractivity contribution in [2.24, 2.45) is 0 Å². The summed E-state index contributed by atoms with van der Waals surface area (Å²) in [6, 6.07) is 9.64. The quantitative estimate of drug-likeness (QED) is 0.758. The summed E-state index contributed by atoms with van der Waals surface area (Å²) in [6.45, 7) is 4.73. The molecule has 0 spiro atoms. The first-order chi connectivity index (χ1) is 6.75. The Morgan fingerprint density at radius 1 is 1.36 bits per heavy atom. The predicted octanol–water partition coefficient (Wildman–Crippen LogP) is 3.28. The summed E-state index contributed by atoms with van der Waals surface area (Å²) in [4.78, 5) is 2.57. The van der Waals surface area contributed by atoms with E-state index in [1.54, 1.807) is 0 Å². The van der Waals surface area contributed by atoms with Crippen LogP contribution in [-0.4, -0.2) is 17.5 Å². The summed E-state index contributed by atoms with van der Waals surface area (Å²) in [5, 5.41) is 0. The van der Waals surface area contributed by atoms with Crippen LogP contribution in [0.5, 0.6) is 0 Å². The van der Waals surface area contributed by atoms with Crippen LogP contribution >= 0.6 is 22.6 Å². The van der Waals surface area contributed by atoms with Crippen LogP contribution in [-0.2, 0) is 6.54 Å². The molecule has 76 valence electrons. The first-order valence-corrected chi connectivity index (χ1v) is 6.32. The Bertz CT molecular complexity index is 294. The van der Waals surface area contributed by atoms with Crippen molar-refractivity contribution in [1.82, 2.24) is 4.90 Å². The molecule has 0 unspecified atom stereocenters. The van der Waals surface area contributed by atoms with E-state index < -0.39 is 0 Å². The summed E-state index contributed by atoms with van der Waals surface area (Å²) in [7, 11) is 0. The van der Waals surface area contributed by atoms with Gasteiger partial charge in [0.15, 0.2) is 0 Å². The van der Waals surface area contributed by atoms with Gasteiger partial charge in [-0.05, 0) is 66.6 Å². The van der Waals surface area contributed by atoms with Gasteiger partial charge in [0.1, 0.15) is 0 Å². The van der Waals surface area contributed by atoms with Gasteiger partial charge in [-0.3, -0.25) is 4.90 Å². The van der Waals surface area contributed by atoms with Gasteiger partial charge in [-0.1, -0.05) is 12.1 Å². The molecule has 0 bridgehead atoms. The second kappa shape index (κ2) is 4.62. The van der Waals surface area contributed by atoms with Crippen LogP contribution in [0.1, 0.15) is 25.3 Å². The Morgan fingerprint density at radius 2 is 2.07 bits per heavy atom. The highest BCUT2D eigenvalue weighted by atomic mass is 127. The molecule has 1 atom stereocenters. The minimum absolute atomic E-state index is 0.772. The number of hydrogen-bond acceptors (Lipinski definition) is 1. The zero-order valence-electron chi connectivity index (χ0n) is 8.54. The third-order valence-electron chi connectivity index (χ3n) is 2.99. The molecule has 1 aromatic carbocycles. The van der Waals surface area contributed by atoms with Crippen molar-refractivity contribution in [3.63, 3.8) is 0 Å². The monoisotopic (exact) mass is 301 g/mol. The van der Waals surface area contributed by atoms with Gasteiger partial charge in [0, 0.05) is 16.2 Å². The predicted molar refractivity (Wildman–Crippen MR) is 68.3 cm³/mol. The SMILES string of the molecule is C[C@@H]1CCCN1Cc1ccc(I)cc1. The van der Waals surface area contributed by atoms with E-state index in [1.807, 2.05) is 0 Å². The molecule has 1 saturated heterocycles. The smallest absolute Gasteiger partial charge is 0.0236 e. The number of likely N-dealkylation sites (tertiary alicyclic amines) is 1. The molecule has 14 heavy (non-hydrogen) atoms. The highest BCUT2D eigenvalue weighted by Crippen LogP contribution is 2.19. The molecule has 2 rings (SSSR count). The van der Waals surface area contributed by atoms with E-state index in [1.165, 1.54) is 28.5 Å². The Balaban J connectivity index is 2.00. The number of rotatable bonds is 2. The Labute approximate surface area is 99.6 Å². The van der Waals surface area contributed by atoms with E-state index in [4.69, 9.17) is 0 Å². The number of halogens is 1. The molecular weight excluding hydrogens is 285 g/mol. The number of hydrogen-bond donors (Lipinski definition) is 0. The van der Waals surface area contributed by atoms with Crippen LogP contribution in [0.4, 0.5) is 0 Å². The van der Waals surface area contributed by atoms with Crippen molar-refractivity contribution >= 4 is 22.6 Å². The fourth-order valence-electron chi connectivity index (χ4n) is 2.05. The fraction of sp³-hybridized carbons (Fsp3) is 0.500. The van der Waals surface area contributed by atoms with E-state index in [2.05, 4.69) is 58.7 Å². The largest absolute Gasteiger partial charge is 0.296 e. The van der Waals surface area contributed by atoms with Crippen LogP contribution in [0, 0.1) is 3.57 Å². The third kappa shape index (κ3) is 2.48. The zero-order valence-corrected chi connectivity index (χ0v) is 10.7. The van der Waals surface area contributed by atoms with E-state index in [0.29, 0.717) is 0 Å². The lowest BCUT2D eigenvalue weighted by molar-refractivity contribution is 0.260. The highest BCUT2D eigenvalue weighted by molar-refractivity contribution is 14.1. The van der Waals surface area contributed by atoms with Gasteiger partial charge in [-0.2, -0.15) is 0 Å². The maximum atomic E-state index is 2.57. The van der Waals surface area contributed by atoms with Crippen molar-refractivity contribution < 1.29 is 0 Å². The van der Waals surface area contributed by atoms with Crippen molar-refractivity contribution in [3.8, 4) is 0 Å². The molecule has 0 aromatic heterocycles. The van der Waals surface area contributed by atoms with Gasteiger partial charge in [-0.25, -0.2) is 0 Å². The fourth-order valence-corrected chi connectivity index (χ4v) is 2.41. The topological polar surface area (TPSA) is 3.24 Å². The van der Waals surface area contributed by atoms with Gasteiger partial charge in [0.05, 0.1) is 0 Å². The molecule has 1 heterocycles. The van der Waals surface area contributed by atoms with Crippen LogP contribution in [0.25, 0.3) is 0 Å². The second-order valence-corrected chi connectivity index (χ2v) is 5.33. The molecule has 0 saturated carbocycles. The molecule has 1 aromatic rings. The summed E-state index contributed by atoms with van der Waals surface area (Å²) in [6.07, 6.45) is 2.73. The van der Waals surface area contributed by atoms with Crippen LogP contribution in [0.15, 0.2) is 24.3 Å². The van der Waals surface area contributed by atoms with Gasteiger partial charge >= 0.3 is 0 Å². The first kappa shape index (κ1) is 10.4. The molecule has 1 aliphatic heterocycles. The lowest BCUT2D eigenvalue weighted by atomic mass is 10.2. The molecule has 1 nitrogen and oxygen atoms in total. The minimum Gasteiger partial charge on any atom is -0.296 e. The summed E-state index contributed by atoms with van der Waals surface area (Å²) < 4.78 is 1.32. The summed E-state index contributed by atoms with van der Waals surface area (Å²) in [5.41, 5.74) is 1.44. The minimum atomic E-state index is 0.772. The van der Waals surface area contributed by atoms with Gasteiger partial charge in [0.2, 0.25) is 0 Å².